The summed E-state index contributed by atoms with van der Waals surface area (Å²) in [7, 11) is 0. The third-order valence-corrected chi connectivity index (χ3v) is 4.28. The second-order valence-electron chi connectivity index (χ2n) is 7.04. The Morgan fingerprint density at radius 1 is 1.05 bits per heavy atom. The molecule has 1 unspecified atom stereocenters. The lowest BCUT2D eigenvalue weighted by Gasteiger charge is -2.27. The second-order valence-corrected chi connectivity index (χ2v) is 7.04. The van der Waals surface area contributed by atoms with Crippen molar-refractivity contribution in [3.8, 4) is 0 Å². The van der Waals surface area contributed by atoms with Crippen LogP contribution in [0.5, 0.6) is 0 Å². The van der Waals surface area contributed by atoms with Gasteiger partial charge in [0.15, 0.2) is 0 Å². The van der Waals surface area contributed by atoms with Crippen LogP contribution in [0.2, 0.25) is 0 Å². The van der Waals surface area contributed by atoms with E-state index in [0.717, 1.165) is 0 Å². The monoisotopic (exact) mass is 256 g/mol. The molecule has 0 aromatic carbocycles. The van der Waals surface area contributed by atoms with Gasteiger partial charge in [-0.15, -0.1) is 0 Å². The molecule has 2 aliphatic carbocycles. The molecule has 0 saturated carbocycles. The van der Waals surface area contributed by atoms with Gasteiger partial charge in [0.2, 0.25) is 0 Å². The topological polar surface area (TPSA) is 0 Å². The summed E-state index contributed by atoms with van der Waals surface area (Å²) in [6, 6.07) is 0. The summed E-state index contributed by atoms with van der Waals surface area (Å²) in [5.41, 5.74) is 5.13. The molecule has 19 heavy (non-hydrogen) atoms. The highest BCUT2D eigenvalue weighted by molar-refractivity contribution is 5.37. The number of hydrogen-bond acceptors (Lipinski definition) is 0. The number of hydrogen-bond donors (Lipinski definition) is 0. The summed E-state index contributed by atoms with van der Waals surface area (Å²) in [5, 5.41) is 0. The summed E-state index contributed by atoms with van der Waals surface area (Å²) in [4.78, 5) is 0. The van der Waals surface area contributed by atoms with Gasteiger partial charge in [0, 0.05) is 0 Å². The van der Waals surface area contributed by atoms with Gasteiger partial charge in [0.05, 0.1) is 0 Å². The molecule has 2 aliphatic rings. The van der Waals surface area contributed by atoms with E-state index >= 15 is 0 Å². The molecule has 0 bridgehead atoms. The fourth-order valence-corrected chi connectivity index (χ4v) is 2.98. The van der Waals surface area contributed by atoms with E-state index in [0.29, 0.717) is 11.3 Å². The highest BCUT2D eigenvalue weighted by atomic mass is 14.3. The van der Waals surface area contributed by atoms with Gasteiger partial charge in [0.1, 0.15) is 0 Å². The van der Waals surface area contributed by atoms with Gasteiger partial charge in [-0.3, -0.25) is 0 Å². The van der Waals surface area contributed by atoms with Crippen molar-refractivity contribution in [2.24, 2.45) is 11.3 Å². The maximum absolute atomic E-state index is 2.52. The largest absolute Gasteiger partial charge is 0.0842 e. The minimum Gasteiger partial charge on any atom is -0.0842 e. The first kappa shape index (κ1) is 14.4. The van der Waals surface area contributed by atoms with Gasteiger partial charge >= 0.3 is 0 Å². The van der Waals surface area contributed by atoms with Crippen molar-refractivity contribution in [3.05, 3.63) is 47.1 Å². The van der Waals surface area contributed by atoms with Crippen LogP contribution >= 0.6 is 0 Å². The summed E-state index contributed by atoms with van der Waals surface area (Å²) < 4.78 is 0. The first-order valence-electron chi connectivity index (χ1n) is 7.73. The predicted octanol–water partition coefficient (Wildman–Crippen LogP) is 5.98. The van der Waals surface area contributed by atoms with Crippen molar-refractivity contribution in [2.75, 3.05) is 0 Å². The molecule has 0 spiro atoms. The van der Waals surface area contributed by atoms with E-state index in [9.17, 15) is 0 Å². The van der Waals surface area contributed by atoms with Gasteiger partial charge in [0.25, 0.3) is 0 Å². The van der Waals surface area contributed by atoms with Crippen molar-refractivity contribution in [3.63, 3.8) is 0 Å². The molecule has 0 aliphatic heterocycles. The summed E-state index contributed by atoms with van der Waals surface area (Å²) in [6.07, 6.45) is 17.9. The molecule has 0 heterocycles. The third-order valence-electron chi connectivity index (χ3n) is 4.28. The first-order chi connectivity index (χ1) is 8.97. The molecular weight excluding hydrogens is 228 g/mol. The molecule has 0 aromatic rings. The molecule has 0 aromatic heterocycles. The molecule has 104 valence electrons. The Labute approximate surface area is 119 Å². The zero-order chi connectivity index (χ0) is 13.9. The van der Waals surface area contributed by atoms with Crippen LogP contribution in [0.3, 0.4) is 0 Å². The fraction of sp³-hybridized carbons (Fsp3) is 0.579. The summed E-state index contributed by atoms with van der Waals surface area (Å²) >= 11 is 0. The molecule has 0 nitrogen and oxygen atoms in total. The van der Waals surface area contributed by atoms with Gasteiger partial charge in [-0.05, 0) is 54.6 Å². The number of rotatable bonds is 1. The van der Waals surface area contributed by atoms with Gasteiger partial charge in [-0.2, -0.15) is 0 Å². The zero-order valence-corrected chi connectivity index (χ0v) is 13.0. The lowest BCUT2D eigenvalue weighted by atomic mass is 9.78. The fourth-order valence-electron chi connectivity index (χ4n) is 2.98. The van der Waals surface area contributed by atoms with Crippen LogP contribution in [0.1, 0.15) is 59.8 Å². The third kappa shape index (κ3) is 3.96. The Morgan fingerprint density at radius 2 is 1.84 bits per heavy atom. The van der Waals surface area contributed by atoms with Crippen molar-refractivity contribution in [2.45, 2.75) is 59.8 Å². The van der Waals surface area contributed by atoms with E-state index in [2.05, 4.69) is 58.1 Å². The van der Waals surface area contributed by atoms with Crippen molar-refractivity contribution in [1.29, 1.82) is 0 Å². The minimum atomic E-state index is 0.317. The van der Waals surface area contributed by atoms with E-state index in [-0.39, 0.29) is 0 Å². The van der Waals surface area contributed by atoms with Crippen LogP contribution in [0, 0.1) is 11.3 Å². The second kappa shape index (κ2) is 5.94. The first-order valence-corrected chi connectivity index (χ1v) is 7.73. The van der Waals surface area contributed by atoms with E-state index in [1.807, 2.05) is 0 Å². The van der Waals surface area contributed by atoms with Crippen LogP contribution < -0.4 is 0 Å². The highest BCUT2D eigenvalue weighted by Gasteiger charge is 2.20. The van der Waals surface area contributed by atoms with E-state index < -0.39 is 0 Å². The summed E-state index contributed by atoms with van der Waals surface area (Å²) in [6.45, 7) is 9.39. The Balaban J connectivity index is 2.16. The molecule has 0 amide bonds. The SMILES string of the molecule is CC1C=C(C(C)(C)C)CCC(C2=CC=CCC2)=CC1. The van der Waals surface area contributed by atoms with Crippen LogP contribution in [0.15, 0.2) is 47.1 Å². The smallest absolute Gasteiger partial charge is 0.0173 e. The quantitative estimate of drug-likeness (QED) is 0.506. The average Bonchev–Trinajstić information content (AvgIpc) is 2.34. The Morgan fingerprint density at radius 3 is 2.47 bits per heavy atom. The molecule has 0 N–H and O–H groups in total. The minimum absolute atomic E-state index is 0.317. The molecule has 2 rings (SSSR count). The zero-order valence-electron chi connectivity index (χ0n) is 13.0. The normalized spacial score (nSPS) is 25.1. The van der Waals surface area contributed by atoms with Gasteiger partial charge in [-0.25, -0.2) is 0 Å². The van der Waals surface area contributed by atoms with E-state index in [4.69, 9.17) is 0 Å². The lowest BCUT2D eigenvalue weighted by molar-refractivity contribution is 0.471. The average molecular weight is 256 g/mol. The standard InChI is InChI=1S/C19H28/c1-15-10-11-17(16-8-6-5-7-9-16)12-13-18(14-15)19(2,3)4/h5-6,8,11,14-15H,7,9-10,12-13H2,1-4H3. The molecule has 0 radical (unpaired) electrons. The molecular formula is C19H28. The van der Waals surface area contributed by atoms with E-state index in [1.165, 1.54) is 32.1 Å². The van der Waals surface area contributed by atoms with Crippen molar-refractivity contribution >= 4 is 0 Å². The van der Waals surface area contributed by atoms with Crippen LogP contribution in [0.4, 0.5) is 0 Å². The molecule has 0 saturated heterocycles. The van der Waals surface area contributed by atoms with E-state index in [1.54, 1.807) is 16.7 Å². The summed E-state index contributed by atoms with van der Waals surface area (Å²) in [5.74, 6) is 0.671. The Kier molecular flexibility index (Phi) is 4.50. The van der Waals surface area contributed by atoms with Crippen molar-refractivity contribution < 1.29 is 0 Å². The number of allylic oxidation sites excluding steroid dienone is 8. The maximum atomic E-state index is 2.52. The van der Waals surface area contributed by atoms with Crippen molar-refractivity contribution in [1.82, 2.24) is 0 Å². The highest BCUT2D eigenvalue weighted by Crippen LogP contribution is 2.35. The van der Waals surface area contributed by atoms with Crippen LogP contribution in [-0.4, -0.2) is 0 Å². The maximum Gasteiger partial charge on any atom is -0.0173 e. The molecule has 0 fully saturated rings. The Hall–Kier alpha value is -1.04. The van der Waals surface area contributed by atoms with Crippen LogP contribution in [-0.2, 0) is 0 Å². The molecule has 1 atom stereocenters. The predicted molar refractivity (Wildman–Crippen MR) is 85.1 cm³/mol. The molecule has 0 heteroatoms. The van der Waals surface area contributed by atoms with Gasteiger partial charge < -0.3 is 0 Å². The lowest BCUT2D eigenvalue weighted by Crippen LogP contribution is -2.13. The Bertz CT molecular complexity index is 435. The van der Waals surface area contributed by atoms with Crippen LogP contribution in [0.25, 0.3) is 0 Å². The van der Waals surface area contributed by atoms with Gasteiger partial charge in [-0.1, -0.05) is 63.6 Å².